The summed E-state index contributed by atoms with van der Waals surface area (Å²) in [6.07, 6.45) is 1.41. The number of phosphoric acid groups is 1. The summed E-state index contributed by atoms with van der Waals surface area (Å²) in [6.45, 7) is 3.68. The van der Waals surface area contributed by atoms with E-state index >= 15 is 0 Å². The molecule has 0 aliphatic carbocycles. The van der Waals surface area contributed by atoms with E-state index in [9.17, 15) is 4.57 Å². The largest absolute Gasteiger partial charge is 0.530 e. The Morgan fingerprint density at radius 3 is 2.35 bits per heavy atom. The van der Waals surface area contributed by atoms with Gasteiger partial charge in [0.05, 0.1) is 13.2 Å². The zero-order valence-corrected chi connectivity index (χ0v) is 14.1. The molecule has 0 aromatic heterocycles. The van der Waals surface area contributed by atoms with Gasteiger partial charge >= 0.3 is 7.82 Å². The number of halogens is 3. The molecule has 0 fully saturated rings. The van der Waals surface area contributed by atoms with E-state index in [1.165, 1.54) is 6.08 Å². The van der Waals surface area contributed by atoms with Crippen molar-refractivity contribution in [3.63, 3.8) is 0 Å². The van der Waals surface area contributed by atoms with Crippen LogP contribution in [0.2, 0.25) is 10.0 Å². The summed E-state index contributed by atoms with van der Waals surface area (Å²) in [4.78, 5) is 0. The SMILES string of the molecule is CCOP(=O)(OCC)O/C(Cl)=C/c1ccc(Cl)cc1Cl. The fourth-order valence-corrected chi connectivity index (χ4v) is 3.19. The van der Waals surface area contributed by atoms with Gasteiger partial charge in [-0.3, -0.25) is 9.05 Å². The zero-order chi connectivity index (χ0) is 15.2. The van der Waals surface area contributed by atoms with Crippen molar-refractivity contribution >= 4 is 48.7 Å². The first-order valence-corrected chi connectivity index (χ1v) is 8.40. The Bertz CT molecular complexity index is 523. The highest BCUT2D eigenvalue weighted by molar-refractivity contribution is 7.48. The molecule has 1 rings (SSSR count). The van der Waals surface area contributed by atoms with E-state index < -0.39 is 7.82 Å². The first kappa shape index (κ1) is 17.8. The Kier molecular flexibility index (Phi) is 7.38. The van der Waals surface area contributed by atoms with Gasteiger partial charge in [0, 0.05) is 16.1 Å². The summed E-state index contributed by atoms with van der Waals surface area (Å²) >= 11 is 17.7. The lowest BCUT2D eigenvalue weighted by Crippen LogP contribution is -1.98. The molecular weight excluding hydrogens is 345 g/mol. The molecular formula is C12H14Cl3O4P. The molecule has 0 aliphatic heterocycles. The van der Waals surface area contributed by atoms with E-state index in [4.69, 9.17) is 48.4 Å². The van der Waals surface area contributed by atoms with E-state index in [-0.39, 0.29) is 18.4 Å². The summed E-state index contributed by atoms with van der Waals surface area (Å²) in [7, 11) is -3.71. The predicted octanol–water partition coefficient (Wildman–Crippen LogP) is 5.73. The Morgan fingerprint density at radius 2 is 1.85 bits per heavy atom. The van der Waals surface area contributed by atoms with Gasteiger partial charge in [0.15, 0.2) is 5.22 Å². The van der Waals surface area contributed by atoms with Gasteiger partial charge in [-0.15, -0.1) is 0 Å². The van der Waals surface area contributed by atoms with E-state index in [2.05, 4.69) is 0 Å². The molecule has 1 aromatic rings. The number of rotatable bonds is 7. The molecule has 1 aromatic carbocycles. The third kappa shape index (κ3) is 5.65. The first-order valence-electron chi connectivity index (χ1n) is 5.81. The van der Waals surface area contributed by atoms with Crippen LogP contribution in [0.4, 0.5) is 0 Å². The van der Waals surface area contributed by atoms with E-state index in [1.54, 1.807) is 32.0 Å². The Labute approximate surface area is 133 Å². The van der Waals surface area contributed by atoms with Crippen molar-refractivity contribution in [3.8, 4) is 0 Å². The minimum atomic E-state index is -3.71. The summed E-state index contributed by atoms with van der Waals surface area (Å²) in [5.41, 5.74) is 0.570. The van der Waals surface area contributed by atoms with Crippen LogP contribution in [0.25, 0.3) is 6.08 Å². The summed E-state index contributed by atoms with van der Waals surface area (Å²) in [6, 6.07) is 4.86. The van der Waals surface area contributed by atoms with Crippen LogP contribution in [0.5, 0.6) is 0 Å². The summed E-state index contributed by atoms with van der Waals surface area (Å²) in [5.74, 6) is 0. The fraction of sp³-hybridized carbons (Fsp3) is 0.333. The maximum absolute atomic E-state index is 12.1. The Hall–Kier alpha value is -0.220. The molecule has 0 radical (unpaired) electrons. The van der Waals surface area contributed by atoms with Crippen LogP contribution in [-0.4, -0.2) is 13.2 Å². The van der Waals surface area contributed by atoms with E-state index in [0.717, 1.165) is 0 Å². The second-order valence-corrected chi connectivity index (χ2v) is 6.30. The molecule has 112 valence electrons. The quantitative estimate of drug-likeness (QED) is 0.461. The molecule has 20 heavy (non-hydrogen) atoms. The van der Waals surface area contributed by atoms with Crippen molar-refractivity contribution in [3.05, 3.63) is 39.0 Å². The highest BCUT2D eigenvalue weighted by Crippen LogP contribution is 2.52. The van der Waals surface area contributed by atoms with Crippen LogP contribution in [-0.2, 0) is 18.1 Å². The maximum atomic E-state index is 12.1. The number of hydrogen-bond acceptors (Lipinski definition) is 4. The molecule has 4 nitrogen and oxygen atoms in total. The molecule has 8 heteroatoms. The minimum absolute atomic E-state index is 0.153. The highest BCUT2D eigenvalue weighted by atomic mass is 35.5. The van der Waals surface area contributed by atoms with Crippen LogP contribution in [0.1, 0.15) is 19.4 Å². The molecule has 0 unspecified atom stereocenters. The van der Waals surface area contributed by atoms with Crippen LogP contribution >= 0.6 is 42.6 Å². The zero-order valence-electron chi connectivity index (χ0n) is 10.9. The summed E-state index contributed by atoms with van der Waals surface area (Å²) < 4.78 is 27.1. The molecule has 0 amide bonds. The number of hydrogen-bond donors (Lipinski definition) is 0. The van der Waals surface area contributed by atoms with Crippen LogP contribution in [0.15, 0.2) is 23.4 Å². The topological polar surface area (TPSA) is 44.8 Å². The summed E-state index contributed by atoms with van der Waals surface area (Å²) in [5, 5.41) is 0.736. The van der Waals surface area contributed by atoms with Crippen molar-refractivity contribution in [1.29, 1.82) is 0 Å². The Morgan fingerprint density at radius 1 is 1.25 bits per heavy atom. The number of benzene rings is 1. The van der Waals surface area contributed by atoms with Crippen LogP contribution in [0.3, 0.4) is 0 Å². The van der Waals surface area contributed by atoms with Crippen molar-refractivity contribution < 1.29 is 18.1 Å². The van der Waals surface area contributed by atoms with Gasteiger partial charge in [0.2, 0.25) is 0 Å². The second-order valence-electron chi connectivity index (χ2n) is 3.49. The second kappa shape index (κ2) is 8.28. The third-order valence-electron chi connectivity index (χ3n) is 2.00. The average molecular weight is 360 g/mol. The van der Waals surface area contributed by atoms with Gasteiger partial charge in [-0.2, -0.15) is 0 Å². The molecule has 0 atom stereocenters. The molecule has 0 heterocycles. The lowest BCUT2D eigenvalue weighted by Gasteiger charge is -2.16. The molecule has 0 bridgehead atoms. The molecule has 0 N–H and O–H groups in total. The standard InChI is InChI=1S/C12H14Cl3O4P/c1-3-17-20(16,18-4-2)19-12(15)7-9-5-6-10(13)8-11(9)14/h5-8H,3-4H2,1-2H3/b12-7+. The monoisotopic (exact) mass is 358 g/mol. The smallest absolute Gasteiger partial charge is 0.392 e. The first-order chi connectivity index (χ1) is 9.40. The van der Waals surface area contributed by atoms with Gasteiger partial charge < -0.3 is 4.52 Å². The predicted molar refractivity (Wildman–Crippen MR) is 82.2 cm³/mol. The van der Waals surface area contributed by atoms with Gasteiger partial charge in [-0.25, -0.2) is 4.57 Å². The lowest BCUT2D eigenvalue weighted by atomic mass is 10.2. The van der Waals surface area contributed by atoms with E-state index in [0.29, 0.717) is 15.6 Å². The fourth-order valence-electron chi connectivity index (χ4n) is 1.28. The normalized spacial score (nSPS) is 12.6. The molecule has 0 spiro atoms. The molecule has 0 saturated carbocycles. The van der Waals surface area contributed by atoms with Gasteiger partial charge in [0.25, 0.3) is 0 Å². The van der Waals surface area contributed by atoms with Gasteiger partial charge in [0.1, 0.15) is 0 Å². The minimum Gasteiger partial charge on any atom is -0.392 e. The van der Waals surface area contributed by atoms with Crippen molar-refractivity contribution in [2.24, 2.45) is 0 Å². The van der Waals surface area contributed by atoms with E-state index in [1.807, 2.05) is 0 Å². The van der Waals surface area contributed by atoms with Crippen LogP contribution < -0.4 is 0 Å². The molecule has 0 aliphatic rings. The maximum Gasteiger partial charge on any atom is 0.530 e. The van der Waals surface area contributed by atoms with Gasteiger partial charge in [-0.05, 0) is 43.1 Å². The lowest BCUT2D eigenvalue weighted by molar-refractivity contribution is 0.151. The highest BCUT2D eigenvalue weighted by Gasteiger charge is 2.27. The Balaban J connectivity index is 2.90. The van der Waals surface area contributed by atoms with Crippen molar-refractivity contribution in [1.82, 2.24) is 0 Å². The van der Waals surface area contributed by atoms with Gasteiger partial charge in [-0.1, -0.05) is 29.3 Å². The van der Waals surface area contributed by atoms with Crippen molar-refractivity contribution in [2.45, 2.75) is 13.8 Å². The third-order valence-corrected chi connectivity index (χ3v) is 4.43. The average Bonchev–Trinajstić information content (AvgIpc) is 2.33. The number of phosphoric ester groups is 1. The van der Waals surface area contributed by atoms with Crippen LogP contribution in [0, 0.1) is 0 Å². The molecule has 0 saturated heterocycles. The van der Waals surface area contributed by atoms with Crippen molar-refractivity contribution in [2.75, 3.05) is 13.2 Å².